The molecule has 0 amide bonds. The lowest BCUT2D eigenvalue weighted by Crippen LogP contribution is -2.36. The lowest BCUT2D eigenvalue weighted by Gasteiger charge is -2.42. The van der Waals surface area contributed by atoms with E-state index < -0.39 is 0 Å². The second kappa shape index (κ2) is 15.1. The van der Waals surface area contributed by atoms with Gasteiger partial charge in [0, 0.05) is 55.7 Å². The molecular weight excluding hydrogens is 826 g/mol. The van der Waals surface area contributed by atoms with E-state index in [0.29, 0.717) is 0 Å². The van der Waals surface area contributed by atoms with Gasteiger partial charge >= 0.3 is 0 Å². The molecule has 2 aliphatic rings. The number of rotatable bonds is 7. The molecule has 4 nitrogen and oxygen atoms in total. The van der Waals surface area contributed by atoms with E-state index in [9.17, 15) is 0 Å². The van der Waals surface area contributed by atoms with Gasteiger partial charge in [0.15, 0.2) is 0 Å². The number of hydrogen-bond acceptors (Lipinski definition) is 3. The van der Waals surface area contributed by atoms with E-state index in [4.69, 9.17) is 4.42 Å². The zero-order valence-electron chi connectivity index (χ0n) is 39.2. The summed E-state index contributed by atoms with van der Waals surface area (Å²) in [4.78, 5) is 2.36. The number of aromatic nitrogens is 1. The Morgan fingerprint density at radius 2 is 1.25 bits per heavy atom. The van der Waals surface area contributed by atoms with Crippen molar-refractivity contribution in [1.82, 2.24) is 4.57 Å². The molecule has 0 spiro atoms. The maximum atomic E-state index is 6.99. The molecule has 1 aliphatic heterocycles. The molecule has 1 N–H and O–H groups in total. The van der Waals surface area contributed by atoms with E-state index >= 15 is 0 Å². The number of anilines is 5. The first kappa shape index (κ1) is 40.5. The molecular formula is C63H51BN3O. The van der Waals surface area contributed by atoms with Crippen LogP contribution in [0, 0.1) is 6.92 Å². The van der Waals surface area contributed by atoms with Crippen LogP contribution in [0.5, 0.6) is 0 Å². The van der Waals surface area contributed by atoms with Gasteiger partial charge in [0.2, 0.25) is 7.28 Å². The second-order valence-electron chi connectivity index (χ2n) is 20.3. The van der Waals surface area contributed by atoms with E-state index in [1.807, 2.05) is 0 Å². The summed E-state index contributed by atoms with van der Waals surface area (Å²) in [5.41, 5.74) is 20.6. The summed E-state index contributed by atoms with van der Waals surface area (Å²) in [7, 11) is 2.32. The summed E-state index contributed by atoms with van der Waals surface area (Å²) in [6, 6.07) is 68.6. The Balaban J connectivity index is 1.09. The summed E-state index contributed by atoms with van der Waals surface area (Å²) in [6.45, 7) is 11.9. The fourth-order valence-corrected chi connectivity index (χ4v) is 11.6. The number of benzene rings is 9. The van der Waals surface area contributed by atoms with E-state index in [-0.39, 0.29) is 10.8 Å². The van der Waals surface area contributed by atoms with Gasteiger partial charge < -0.3 is 19.2 Å². The first-order chi connectivity index (χ1) is 33.1. The van der Waals surface area contributed by atoms with Crippen LogP contribution in [0.15, 0.2) is 192 Å². The average molecular weight is 877 g/mol. The number of hydrogen-bond donors (Lipinski definition) is 1. The zero-order chi connectivity index (χ0) is 45.9. The Morgan fingerprint density at radius 3 is 2.00 bits per heavy atom. The molecule has 0 saturated carbocycles. The number of aryl methyl sites for hydroxylation is 1. The lowest BCUT2D eigenvalue weighted by atomic mass is 9.62. The minimum absolute atomic E-state index is 0.0755. The molecule has 327 valence electrons. The highest BCUT2D eigenvalue weighted by Gasteiger charge is 2.37. The maximum Gasteiger partial charge on any atom is 0.247 e. The van der Waals surface area contributed by atoms with Crippen molar-refractivity contribution in [2.45, 2.75) is 58.3 Å². The van der Waals surface area contributed by atoms with Crippen LogP contribution in [0.3, 0.4) is 0 Å². The number of para-hydroxylation sites is 2. The second-order valence-corrected chi connectivity index (χ2v) is 20.3. The fourth-order valence-electron chi connectivity index (χ4n) is 11.6. The molecule has 68 heavy (non-hydrogen) atoms. The minimum Gasteiger partial charge on any atom is -0.469 e. The average Bonchev–Trinajstić information content (AvgIpc) is 3.92. The smallest absolute Gasteiger partial charge is 0.247 e. The summed E-state index contributed by atoms with van der Waals surface area (Å²) in [6.07, 6.45) is 2.34. The summed E-state index contributed by atoms with van der Waals surface area (Å²) in [5.74, 6) is 0. The number of fused-ring (bicyclic) bond motifs is 10. The van der Waals surface area contributed by atoms with Crippen molar-refractivity contribution in [3.05, 3.63) is 205 Å². The zero-order valence-corrected chi connectivity index (χ0v) is 39.2. The highest BCUT2D eigenvalue weighted by Crippen LogP contribution is 2.49. The lowest BCUT2D eigenvalue weighted by molar-refractivity contribution is 0.332. The van der Waals surface area contributed by atoms with Gasteiger partial charge in [-0.05, 0) is 153 Å². The van der Waals surface area contributed by atoms with Gasteiger partial charge in [-0.1, -0.05) is 143 Å². The Morgan fingerprint density at radius 1 is 0.559 bits per heavy atom. The first-order valence-corrected chi connectivity index (χ1v) is 24.0. The molecule has 0 atom stereocenters. The molecule has 9 aromatic carbocycles. The molecule has 0 unspecified atom stereocenters. The van der Waals surface area contributed by atoms with Crippen LogP contribution >= 0.6 is 0 Å². The molecule has 2 aromatic heterocycles. The third-order valence-electron chi connectivity index (χ3n) is 15.2. The topological polar surface area (TPSA) is 33.3 Å². The van der Waals surface area contributed by atoms with Crippen LogP contribution in [0.4, 0.5) is 28.4 Å². The Bertz CT molecular complexity index is 3770. The van der Waals surface area contributed by atoms with Crippen molar-refractivity contribution >= 4 is 90.4 Å². The van der Waals surface area contributed by atoms with Gasteiger partial charge in [0.05, 0.1) is 16.9 Å². The van der Waals surface area contributed by atoms with Crippen molar-refractivity contribution in [2.75, 3.05) is 10.2 Å². The summed E-state index contributed by atoms with van der Waals surface area (Å²) < 4.78 is 9.51. The third-order valence-corrected chi connectivity index (χ3v) is 15.2. The largest absolute Gasteiger partial charge is 0.469 e. The monoisotopic (exact) mass is 876 g/mol. The van der Waals surface area contributed by atoms with Crippen LogP contribution in [-0.2, 0) is 10.8 Å². The summed E-state index contributed by atoms with van der Waals surface area (Å²) >= 11 is 0. The Labute approximate surface area is 398 Å². The van der Waals surface area contributed by atoms with E-state index in [2.05, 4.69) is 245 Å². The van der Waals surface area contributed by atoms with Gasteiger partial charge in [-0.3, -0.25) is 0 Å². The van der Waals surface area contributed by atoms with Crippen LogP contribution < -0.4 is 21.3 Å². The van der Waals surface area contributed by atoms with Crippen molar-refractivity contribution in [2.24, 2.45) is 0 Å². The van der Waals surface area contributed by atoms with Crippen LogP contribution in [0.25, 0.3) is 71.5 Å². The Kier molecular flexibility index (Phi) is 9.02. The van der Waals surface area contributed by atoms with Gasteiger partial charge in [-0.2, -0.15) is 0 Å². The SMILES string of the molecule is Cc1cc(-c2cc(N(c3ccccc3)c3ccccc3)ccc2Nc2ccc3c(c2)C(C)(C)CCC3(C)C)c2c3c1c1c4ccccc4ccc1n3-c1c(oc3ccc(-c4ccccc4)cc13)[B]2. The van der Waals surface area contributed by atoms with Crippen LogP contribution in [0.1, 0.15) is 57.2 Å². The quantitative estimate of drug-likeness (QED) is 0.162. The van der Waals surface area contributed by atoms with Crippen molar-refractivity contribution in [1.29, 1.82) is 0 Å². The molecule has 5 heteroatoms. The highest BCUT2D eigenvalue weighted by atomic mass is 16.3. The van der Waals surface area contributed by atoms with Gasteiger partial charge in [0.1, 0.15) is 5.58 Å². The summed E-state index contributed by atoms with van der Waals surface area (Å²) in [5, 5.41) is 10.2. The molecule has 3 heterocycles. The van der Waals surface area contributed by atoms with Crippen molar-refractivity contribution in [3.8, 4) is 27.9 Å². The molecule has 1 radical (unpaired) electrons. The van der Waals surface area contributed by atoms with Gasteiger partial charge in [-0.15, -0.1) is 0 Å². The molecule has 0 fully saturated rings. The molecule has 11 aromatic rings. The number of furan rings is 1. The highest BCUT2D eigenvalue weighted by molar-refractivity contribution is 6.73. The standard InChI is InChI=1S/C63H51BN3O/c1-39-35-49(58-60-56(39)57-47-24-16-15-19-41(47)25-31-54(57)67(60)59-50-36-42(40-17-9-6-10-18-40)26-32-55(50)68-61(59)64-58)48-38-46(66(44-20-11-7-12-21-44)45-22-13-8-14-23-45)28-30-53(48)65-43-27-29-51-52(37-43)63(4,5)34-33-62(51,2)3/h6-32,35-38,65H,33-34H2,1-5H3. The first-order valence-electron chi connectivity index (χ1n) is 24.0. The van der Waals surface area contributed by atoms with E-state index in [1.54, 1.807) is 0 Å². The maximum absolute atomic E-state index is 6.99. The fraction of sp³-hybridized carbons (Fsp3) is 0.143. The predicted molar refractivity (Wildman–Crippen MR) is 288 cm³/mol. The van der Waals surface area contributed by atoms with Crippen molar-refractivity contribution < 1.29 is 4.42 Å². The van der Waals surface area contributed by atoms with E-state index in [0.717, 1.165) is 73.8 Å². The van der Waals surface area contributed by atoms with Crippen LogP contribution in [-0.4, -0.2) is 11.8 Å². The van der Waals surface area contributed by atoms with Gasteiger partial charge in [0.25, 0.3) is 0 Å². The van der Waals surface area contributed by atoms with E-state index in [1.165, 1.54) is 66.8 Å². The Hall–Kier alpha value is -7.76. The predicted octanol–water partition coefficient (Wildman–Crippen LogP) is 15.9. The van der Waals surface area contributed by atoms with Gasteiger partial charge in [-0.25, -0.2) is 0 Å². The number of nitrogens with one attached hydrogen (secondary N) is 1. The van der Waals surface area contributed by atoms with Crippen molar-refractivity contribution in [3.63, 3.8) is 0 Å². The van der Waals surface area contributed by atoms with Crippen LogP contribution in [0.2, 0.25) is 0 Å². The third kappa shape index (κ3) is 6.29. The molecule has 0 bridgehead atoms. The minimum atomic E-state index is 0.0755. The number of nitrogens with zero attached hydrogens (tertiary/aromatic N) is 2. The molecule has 13 rings (SSSR count). The normalized spacial score (nSPS) is 14.5. The molecule has 0 saturated heterocycles. The molecule has 1 aliphatic carbocycles.